The first kappa shape index (κ1) is 12.4. The number of aryl methyl sites for hydroxylation is 1. The van der Waals surface area contributed by atoms with E-state index in [-0.39, 0.29) is 17.4 Å². The minimum atomic E-state index is -1.02. The van der Waals surface area contributed by atoms with Crippen LogP contribution in [-0.4, -0.2) is 17.0 Å². The minimum absolute atomic E-state index is 0.0767. The Kier molecular flexibility index (Phi) is 3.46. The second kappa shape index (κ2) is 5.04. The highest BCUT2D eigenvalue weighted by Crippen LogP contribution is 2.23. The zero-order valence-corrected chi connectivity index (χ0v) is 10.1. The Morgan fingerprint density at radius 2 is 1.94 bits per heavy atom. The van der Waals surface area contributed by atoms with Gasteiger partial charge in [-0.15, -0.1) is 0 Å². The van der Waals surface area contributed by atoms with Crippen LogP contribution in [0.1, 0.15) is 28.8 Å². The van der Waals surface area contributed by atoms with Crippen molar-refractivity contribution in [2.45, 2.75) is 19.8 Å². The van der Waals surface area contributed by atoms with Crippen LogP contribution in [0.5, 0.6) is 0 Å². The molecule has 0 spiro atoms. The van der Waals surface area contributed by atoms with E-state index in [4.69, 9.17) is 5.11 Å². The molecule has 18 heavy (non-hydrogen) atoms. The first-order chi connectivity index (χ1) is 8.59. The Hall–Kier alpha value is -2.10. The number of carbonyl (C=O) groups excluding carboxylic acids is 1. The molecule has 4 nitrogen and oxygen atoms in total. The molecule has 94 valence electrons. The van der Waals surface area contributed by atoms with Crippen LogP contribution in [0.25, 0.3) is 0 Å². The Balaban J connectivity index is 2.21. The summed E-state index contributed by atoms with van der Waals surface area (Å²) in [5.41, 5.74) is 1.18. The molecule has 0 unspecified atom stereocenters. The van der Waals surface area contributed by atoms with Crippen molar-refractivity contribution in [3.63, 3.8) is 0 Å². The molecule has 0 heterocycles. The monoisotopic (exact) mass is 245 g/mol. The summed E-state index contributed by atoms with van der Waals surface area (Å²) in [6, 6.07) is 5.08. The molecule has 0 saturated heterocycles. The van der Waals surface area contributed by atoms with Crippen LogP contribution in [0.3, 0.4) is 0 Å². The van der Waals surface area contributed by atoms with Gasteiger partial charge in [0.1, 0.15) is 0 Å². The number of carboxylic acids is 1. The number of nitrogens with one attached hydrogen (secondary N) is 1. The fourth-order valence-electron chi connectivity index (χ4n) is 2.12. The molecule has 1 aromatic rings. The third-order valence-corrected chi connectivity index (χ3v) is 3.12. The summed E-state index contributed by atoms with van der Waals surface area (Å²) < 4.78 is 0. The molecule has 1 aliphatic rings. The molecule has 4 heteroatoms. The number of anilines is 1. The van der Waals surface area contributed by atoms with E-state index in [1.807, 2.05) is 12.2 Å². The largest absolute Gasteiger partial charge is 0.478 e. The lowest BCUT2D eigenvalue weighted by Crippen LogP contribution is -2.22. The van der Waals surface area contributed by atoms with Gasteiger partial charge in [-0.1, -0.05) is 24.3 Å². The van der Waals surface area contributed by atoms with Crippen molar-refractivity contribution in [1.82, 2.24) is 0 Å². The number of allylic oxidation sites excluding steroid dienone is 2. The van der Waals surface area contributed by atoms with E-state index in [9.17, 15) is 9.59 Å². The topological polar surface area (TPSA) is 66.4 Å². The molecule has 0 saturated carbocycles. The molecule has 0 aromatic heterocycles. The SMILES string of the molecule is Cc1cccc(NC(=O)C2CC=CC2)c1C(=O)O. The molecule has 2 rings (SSSR count). The number of carboxylic acid groups (broad SMARTS) is 1. The summed E-state index contributed by atoms with van der Waals surface area (Å²) in [5, 5.41) is 11.9. The molecule has 2 N–H and O–H groups in total. The molecule has 1 aliphatic carbocycles. The average Bonchev–Trinajstić information content (AvgIpc) is 2.81. The van der Waals surface area contributed by atoms with E-state index in [0.717, 1.165) is 12.8 Å². The second-order valence-electron chi connectivity index (χ2n) is 4.43. The van der Waals surface area contributed by atoms with Gasteiger partial charge in [0, 0.05) is 5.92 Å². The van der Waals surface area contributed by atoms with Gasteiger partial charge in [0.15, 0.2) is 0 Å². The maximum atomic E-state index is 12.0. The highest BCUT2D eigenvalue weighted by Gasteiger charge is 2.21. The molecule has 0 bridgehead atoms. The number of hydrogen-bond donors (Lipinski definition) is 2. The minimum Gasteiger partial charge on any atom is -0.478 e. The molecule has 1 aromatic carbocycles. The van der Waals surface area contributed by atoms with Gasteiger partial charge in [-0.25, -0.2) is 4.79 Å². The Morgan fingerprint density at radius 1 is 1.28 bits per heavy atom. The summed E-state index contributed by atoms with van der Waals surface area (Å²) in [4.78, 5) is 23.1. The van der Waals surface area contributed by atoms with Gasteiger partial charge in [0.2, 0.25) is 5.91 Å². The normalized spacial score (nSPS) is 14.7. The third kappa shape index (κ3) is 2.42. The van der Waals surface area contributed by atoms with E-state index < -0.39 is 5.97 Å². The number of rotatable bonds is 3. The van der Waals surface area contributed by atoms with Crippen molar-refractivity contribution in [3.05, 3.63) is 41.5 Å². The maximum absolute atomic E-state index is 12.0. The number of carbonyl (C=O) groups is 2. The predicted octanol–water partition coefficient (Wildman–Crippen LogP) is 2.60. The Labute approximate surface area is 105 Å². The van der Waals surface area contributed by atoms with Crippen LogP contribution >= 0.6 is 0 Å². The number of hydrogen-bond acceptors (Lipinski definition) is 2. The molecular weight excluding hydrogens is 230 g/mol. The standard InChI is InChI=1S/C14H15NO3/c1-9-5-4-8-11(12(9)14(17)18)15-13(16)10-6-2-3-7-10/h2-5,8,10H,6-7H2,1H3,(H,15,16)(H,17,18). The fraction of sp³-hybridized carbons (Fsp3) is 0.286. The van der Waals surface area contributed by atoms with E-state index in [0.29, 0.717) is 11.3 Å². The summed E-state index contributed by atoms with van der Waals surface area (Å²) in [5.74, 6) is -1.21. The van der Waals surface area contributed by atoms with E-state index in [1.165, 1.54) is 0 Å². The van der Waals surface area contributed by atoms with Crippen molar-refractivity contribution in [1.29, 1.82) is 0 Å². The molecular formula is C14H15NO3. The lowest BCUT2D eigenvalue weighted by molar-refractivity contribution is -0.119. The predicted molar refractivity (Wildman–Crippen MR) is 68.6 cm³/mol. The summed E-state index contributed by atoms with van der Waals surface area (Å²) >= 11 is 0. The quantitative estimate of drug-likeness (QED) is 0.804. The second-order valence-corrected chi connectivity index (χ2v) is 4.43. The molecule has 1 amide bonds. The third-order valence-electron chi connectivity index (χ3n) is 3.12. The zero-order valence-electron chi connectivity index (χ0n) is 10.1. The van der Waals surface area contributed by atoms with Crippen LogP contribution < -0.4 is 5.32 Å². The van der Waals surface area contributed by atoms with Crippen LogP contribution in [0.4, 0.5) is 5.69 Å². The number of aromatic carboxylic acids is 1. The van der Waals surface area contributed by atoms with E-state index >= 15 is 0 Å². The van der Waals surface area contributed by atoms with Gasteiger partial charge in [0.25, 0.3) is 0 Å². The van der Waals surface area contributed by atoms with E-state index in [2.05, 4.69) is 5.32 Å². The van der Waals surface area contributed by atoms with Crippen molar-refractivity contribution in [3.8, 4) is 0 Å². The van der Waals surface area contributed by atoms with Crippen LogP contribution in [0, 0.1) is 12.8 Å². The van der Waals surface area contributed by atoms with Crippen LogP contribution in [0.2, 0.25) is 0 Å². The highest BCUT2D eigenvalue weighted by atomic mass is 16.4. The number of benzene rings is 1. The lowest BCUT2D eigenvalue weighted by atomic mass is 10.0. The first-order valence-electron chi connectivity index (χ1n) is 5.88. The van der Waals surface area contributed by atoms with Crippen LogP contribution in [-0.2, 0) is 4.79 Å². The van der Waals surface area contributed by atoms with Crippen molar-refractivity contribution in [2.24, 2.45) is 5.92 Å². The van der Waals surface area contributed by atoms with Crippen molar-refractivity contribution in [2.75, 3.05) is 5.32 Å². The molecule has 0 aliphatic heterocycles. The fourth-order valence-corrected chi connectivity index (χ4v) is 2.12. The van der Waals surface area contributed by atoms with Gasteiger partial charge in [-0.2, -0.15) is 0 Å². The lowest BCUT2D eigenvalue weighted by Gasteiger charge is -2.13. The van der Waals surface area contributed by atoms with Crippen molar-refractivity contribution < 1.29 is 14.7 Å². The highest BCUT2D eigenvalue weighted by molar-refractivity contribution is 6.02. The van der Waals surface area contributed by atoms with Gasteiger partial charge in [0.05, 0.1) is 11.3 Å². The van der Waals surface area contributed by atoms with Crippen LogP contribution in [0.15, 0.2) is 30.4 Å². The Bertz CT molecular complexity index is 512. The smallest absolute Gasteiger partial charge is 0.338 e. The summed E-state index contributed by atoms with van der Waals surface area (Å²) in [7, 11) is 0. The zero-order chi connectivity index (χ0) is 13.1. The van der Waals surface area contributed by atoms with E-state index in [1.54, 1.807) is 25.1 Å². The van der Waals surface area contributed by atoms with Crippen molar-refractivity contribution >= 4 is 17.6 Å². The van der Waals surface area contributed by atoms with Gasteiger partial charge in [-0.3, -0.25) is 4.79 Å². The molecule has 0 atom stereocenters. The summed E-state index contributed by atoms with van der Waals surface area (Å²) in [6.07, 6.45) is 5.39. The molecule has 0 fully saturated rings. The summed E-state index contributed by atoms with van der Waals surface area (Å²) in [6.45, 7) is 1.72. The van der Waals surface area contributed by atoms with Gasteiger partial charge >= 0.3 is 5.97 Å². The average molecular weight is 245 g/mol. The number of amides is 1. The maximum Gasteiger partial charge on any atom is 0.338 e. The molecule has 0 radical (unpaired) electrons. The van der Waals surface area contributed by atoms with Gasteiger partial charge < -0.3 is 10.4 Å². The van der Waals surface area contributed by atoms with Gasteiger partial charge in [-0.05, 0) is 31.4 Å². The Morgan fingerprint density at radius 3 is 2.56 bits per heavy atom. The first-order valence-corrected chi connectivity index (χ1v) is 5.88.